The standard InChI is InChI=1S/C27H24ClN3O2S/c1-19(7-8-20-5-3-2-4-6-20)29-27(33)21-9-13-23(14-10-21)31-26(32)18-17-25(30-31)34-24-15-11-22(28)12-16-24/h2-6,9-19H,7-8H2,1H3,(H,29,33). The topological polar surface area (TPSA) is 64.0 Å². The van der Waals surface area contributed by atoms with Crippen LogP contribution in [0.3, 0.4) is 0 Å². The van der Waals surface area contributed by atoms with Crippen molar-refractivity contribution < 1.29 is 4.79 Å². The van der Waals surface area contributed by atoms with E-state index in [1.807, 2.05) is 49.4 Å². The lowest BCUT2D eigenvalue weighted by Gasteiger charge is -2.14. The number of carbonyl (C=O) groups excluding carboxylic acids is 1. The summed E-state index contributed by atoms with van der Waals surface area (Å²) in [6.07, 6.45) is 1.76. The van der Waals surface area contributed by atoms with Crippen molar-refractivity contribution in [3.05, 3.63) is 117 Å². The van der Waals surface area contributed by atoms with Crippen molar-refractivity contribution in [3.8, 4) is 5.69 Å². The Morgan fingerprint density at radius 1 is 0.971 bits per heavy atom. The third-order valence-corrected chi connectivity index (χ3v) is 6.46. The molecule has 4 rings (SSSR count). The number of nitrogens with zero attached hydrogens (tertiary/aromatic N) is 2. The van der Waals surface area contributed by atoms with E-state index in [1.54, 1.807) is 30.3 Å². The van der Waals surface area contributed by atoms with Crippen LogP contribution in [-0.4, -0.2) is 21.7 Å². The maximum atomic E-state index is 12.7. The minimum Gasteiger partial charge on any atom is -0.350 e. The Bertz CT molecular complexity index is 1310. The van der Waals surface area contributed by atoms with Crippen LogP contribution in [0.15, 0.2) is 106 Å². The Labute approximate surface area is 207 Å². The highest BCUT2D eigenvalue weighted by Crippen LogP contribution is 2.26. The molecule has 0 saturated carbocycles. The van der Waals surface area contributed by atoms with E-state index in [4.69, 9.17) is 11.6 Å². The fourth-order valence-corrected chi connectivity index (χ4v) is 4.32. The molecule has 7 heteroatoms. The smallest absolute Gasteiger partial charge is 0.271 e. The fourth-order valence-electron chi connectivity index (χ4n) is 3.42. The molecule has 0 saturated heterocycles. The third-order valence-electron chi connectivity index (χ3n) is 5.27. The lowest BCUT2D eigenvalue weighted by atomic mass is 10.1. The van der Waals surface area contributed by atoms with E-state index in [0.717, 1.165) is 17.7 Å². The molecule has 3 aromatic carbocycles. The van der Waals surface area contributed by atoms with Crippen molar-refractivity contribution in [2.24, 2.45) is 0 Å². The zero-order valence-electron chi connectivity index (χ0n) is 18.6. The van der Waals surface area contributed by atoms with Crippen LogP contribution in [0.1, 0.15) is 29.3 Å². The van der Waals surface area contributed by atoms with Crippen molar-refractivity contribution in [2.75, 3.05) is 0 Å². The monoisotopic (exact) mass is 489 g/mol. The molecule has 0 spiro atoms. The van der Waals surface area contributed by atoms with Gasteiger partial charge < -0.3 is 5.32 Å². The lowest BCUT2D eigenvalue weighted by Crippen LogP contribution is -2.32. The van der Waals surface area contributed by atoms with Gasteiger partial charge in [0.1, 0.15) is 5.03 Å². The predicted molar refractivity (Wildman–Crippen MR) is 137 cm³/mol. The molecule has 0 radical (unpaired) electrons. The van der Waals surface area contributed by atoms with Crippen molar-refractivity contribution >= 4 is 29.3 Å². The maximum Gasteiger partial charge on any atom is 0.271 e. The second-order valence-corrected chi connectivity index (χ2v) is 9.45. The molecule has 0 aliphatic carbocycles. The Kier molecular flexibility index (Phi) is 7.83. The summed E-state index contributed by atoms with van der Waals surface area (Å²) in [6.45, 7) is 2.00. The Morgan fingerprint density at radius 2 is 1.68 bits per heavy atom. The number of amides is 1. The molecule has 0 aliphatic heterocycles. The van der Waals surface area contributed by atoms with Crippen LogP contribution in [0.25, 0.3) is 5.69 Å². The first kappa shape index (κ1) is 23.8. The Balaban J connectivity index is 1.41. The molecule has 1 aromatic heterocycles. The number of halogens is 1. The van der Waals surface area contributed by atoms with Gasteiger partial charge in [0.25, 0.3) is 11.5 Å². The normalized spacial score (nSPS) is 11.7. The number of rotatable bonds is 8. The summed E-state index contributed by atoms with van der Waals surface area (Å²) in [5, 5.41) is 8.85. The lowest BCUT2D eigenvalue weighted by molar-refractivity contribution is 0.0938. The number of benzene rings is 3. The number of carbonyl (C=O) groups is 1. The zero-order valence-corrected chi connectivity index (χ0v) is 20.2. The summed E-state index contributed by atoms with van der Waals surface area (Å²) in [5.41, 5.74) is 2.14. The van der Waals surface area contributed by atoms with Gasteiger partial charge in [-0.15, -0.1) is 0 Å². The number of hydrogen-bond donors (Lipinski definition) is 1. The van der Waals surface area contributed by atoms with Crippen LogP contribution in [-0.2, 0) is 6.42 Å². The summed E-state index contributed by atoms with van der Waals surface area (Å²) in [7, 11) is 0. The van der Waals surface area contributed by atoms with Gasteiger partial charge in [0.2, 0.25) is 0 Å². The number of nitrogens with one attached hydrogen (secondary N) is 1. The summed E-state index contributed by atoms with van der Waals surface area (Å²) in [5.74, 6) is -0.139. The van der Waals surface area contributed by atoms with Crippen molar-refractivity contribution in [2.45, 2.75) is 35.7 Å². The average Bonchev–Trinajstić information content (AvgIpc) is 2.86. The molecule has 5 nitrogen and oxygen atoms in total. The molecule has 4 aromatic rings. The van der Waals surface area contributed by atoms with E-state index in [2.05, 4.69) is 22.5 Å². The molecule has 1 unspecified atom stereocenters. The molecule has 1 amide bonds. The first-order chi connectivity index (χ1) is 16.5. The van der Waals surface area contributed by atoms with E-state index in [0.29, 0.717) is 21.3 Å². The van der Waals surface area contributed by atoms with Crippen molar-refractivity contribution in [1.82, 2.24) is 15.1 Å². The Hall–Kier alpha value is -3.35. The molecular weight excluding hydrogens is 466 g/mol. The van der Waals surface area contributed by atoms with Gasteiger partial charge in [-0.1, -0.05) is 53.7 Å². The second-order valence-electron chi connectivity index (χ2n) is 7.92. The summed E-state index contributed by atoms with van der Waals surface area (Å²) >= 11 is 7.38. The molecule has 34 heavy (non-hydrogen) atoms. The molecule has 0 fully saturated rings. The molecule has 0 bridgehead atoms. The SMILES string of the molecule is CC(CCc1ccccc1)NC(=O)c1ccc(-n2nc(Sc3ccc(Cl)cc3)ccc2=O)cc1. The fraction of sp³-hybridized carbons (Fsp3) is 0.148. The minimum absolute atomic E-state index is 0.0400. The first-order valence-electron chi connectivity index (χ1n) is 11.0. The number of aromatic nitrogens is 2. The molecule has 1 atom stereocenters. The van der Waals surface area contributed by atoms with Crippen LogP contribution in [0.5, 0.6) is 0 Å². The molecule has 1 heterocycles. The van der Waals surface area contributed by atoms with E-state index >= 15 is 0 Å². The van der Waals surface area contributed by atoms with Gasteiger partial charge in [0.05, 0.1) is 5.69 Å². The van der Waals surface area contributed by atoms with Gasteiger partial charge in [0.15, 0.2) is 0 Å². The van der Waals surface area contributed by atoms with Gasteiger partial charge >= 0.3 is 0 Å². The zero-order chi connectivity index (χ0) is 23.9. The van der Waals surface area contributed by atoms with E-state index < -0.39 is 0 Å². The van der Waals surface area contributed by atoms with Gasteiger partial charge in [0, 0.05) is 27.6 Å². The van der Waals surface area contributed by atoms with E-state index in [1.165, 1.54) is 28.1 Å². The predicted octanol–water partition coefficient (Wildman–Crippen LogP) is 5.79. The van der Waals surface area contributed by atoms with Gasteiger partial charge in [-0.3, -0.25) is 9.59 Å². The largest absolute Gasteiger partial charge is 0.350 e. The van der Waals surface area contributed by atoms with E-state index in [9.17, 15) is 9.59 Å². The quantitative estimate of drug-likeness (QED) is 0.340. The highest BCUT2D eigenvalue weighted by atomic mass is 35.5. The molecular formula is C27H24ClN3O2S. The number of aryl methyl sites for hydroxylation is 1. The molecule has 1 N–H and O–H groups in total. The highest BCUT2D eigenvalue weighted by molar-refractivity contribution is 7.99. The van der Waals surface area contributed by atoms with E-state index in [-0.39, 0.29) is 17.5 Å². The van der Waals surface area contributed by atoms with Crippen LogP contribution in [0.4, 0.5) is 0 Å². The van der Waals surface area contributed by atoms with Crippen molar-refractivity contribution in [3.63, 3.8) is 0 Å². The van der Waals surface area contributed by atoms with Gasteiger partial charge in [-0.05, 0) is 79.9 Å². The van der Waals surface area contributed by atoms with Crippen LogP contribution < -0.4 is 10.9 Å². The van der Waals surface area contributed by atoms with Crippen LogP contribution in [0, 0.1) is 0 Å². The second kappa shape index (κ2) is 11.2. The Morgan fingerprint density at radius 3 is 2.38 bits per heavy atom. The van der Waals surface area contributed by atoms with Crippen molar-refractivity contribution in [1.29, 1.82) is 0 Å². The summed E-state index contributed by atoms with van der Waals surface area (Å²) < 4.78 is 1.34. The van der Waals surface area contributed by atoms with Gasteiger partial charge in [-0.2, -0.15) is 9.78 Å². The molecule has 0 aliphatic rings. The number of hydrogen-bond acceptors (Lipinski definition) is 4. The third kappa shape index (κ3) is 6.37. The average molecular weight is 490 g/mol. The minimum atomic E-state index is -0.243. The van der Waals surface area contributed by atoms with Gasteiger partial charge in [-0.25, -0.2) is 0 Å². The highest BCUT2D eigenvalue weighted by Gasteiger charge is 2.11. The first-order valence-corrected chi connectivity index (χ1v) is 12.2. The van der Waals surface area contributed by atoms with Crippen LogP contribution >= 0.6 is 23.4 Å². The summed E-state index contributed by atoms with van der Waals surface area (Å²) in [6, 6.07) is 27.7. The van der Waals surface area contributed by atoms with Crippen LogP contribution in [0.2, 0.25) is 5.02 Å². The maximum absolute atomic E-state index is 12.7. The molecule has 172 valence electrons. The summed E-state index contributed by atoms with van der Waals surface area (Å²) in [4.78, 5) is 26.0.